The molecule has 2 amide bonds. The number of fused-ring (bicyclic) bond motifs is 3. The Hall–Kier alpha value is -3.35. The third-order valence-corrected chi connectivity index (χ3v) is 6.73. The summed E-state index contributed by atoms with van der Waals surface area (Å²) in [6.07, 6.45) is 2.56. The van der Waals surface area contributed by atoms with Gasteiger partial charge in [-0.2, -0.15) is 0 Å². The Labute approximate surface area is 193 Å². The molecule has 1 fully saturated rings. The zero-order valence-electron chi connectivity index (χ0n) is 18.8. The van der Waals surface area contributed by atoms with Crippen LogP contribution in [0.4, 0.5) is 4.79 Å². The summed E-state index contributed by atoms with van der Waals surface area (Å²) in [4.78, 5) is 36.3. The lowest BCUT2D eigenvalue weighted by atomic mass is 9.85. The van der Waals surface area contributed by atoms with Gasteiger partial charge in [0.05, 0.1) is 0 Å². The van der Waals surface area contributed by atoms with Crippen LogP contribution < -0.4 is 10.6 Å². The summed E-state index contributed by atoms with van der Waals surface area (Å²) in [5, 5.41) is 14.7. The van der Waals surface area contributed by atoms with Crippen molar-refractivity contribution in [3.63, 3.8) is 0 Å². The van der Waals surface area contributed by atoms with Crippen LogP contribution in [0.15, 0.2) is 48.5 Å². The number of aliphatic carboxylic acids is 1. The van der Waals surface area contributed by atoms with Crippen molar-refractivity contribution < 1.29 is 24.2 Å². The molecule has 0 spiro atoms. The van der Waals surface area contributed by atoms with Crippen LogP contribution in [0.25, 0.3) is 11.1 Å². The second-order valence-corrected chi connectivity index (χ2v) is 8.84. The number of amides is 2. The molecule has 33 heavy (non-hydrogen) atoms. The molecule has 7 nitrogen and oxygen atoms in total. The maximum absolute atomic E-state index is 12.6. The van der Waals surface area contributed by atoms with E-state index in [1.54, 1.807) is 6.92 Å². The van der Waals surface area contributed by atoms with Gasteiger partial charge in [-0.25, -0.2) is 9.59 Å². The fourth-order valence-corrected chi connectivity index (χ4v) is 4.99. The second-order valence-electron chi connectivity index (χ2n) is 8.84. The lowest BCUT2D eigenvalue weighted by Crippen LogP contribution is -2.47. The van der Waals surface area contributed by atoms with Crippen molar-refractivity contribution in [2.45, 2.75) is 57.0 Å². The van der Waals surface area contributed by atoms with Gasteiger partial charge in [0, 0.05) is 17.9 Å². The Balaban J connectivity index is 1.32. The third kappa shape index (κ3) is 5.02. The quantitative estimate of drug-likeness (QED) is 0.590. The summed E-state index contributed by atoms with van der Waals surface area (Å²) >= 11 is 0. The average molecular weight is 451 g/mol. The average Bonchev–Trinajstić information content (AvgIpc) is 3.14. The highest BCUT2D eigenvalue weighted by Gasteiger charge is 2.32. The largest absolute Gasteiger partial charge is 0.480 e. The molecule has 3 atom stereocenters. The maximum Gasteiger partial charge on any atom is 0.407 e. The van der Waals surface area contributed by atoms with Gasteiger partial charge in [0.2, 0.25) is 5.91 Å². The van der Waals surface area contributed by atoms with Crippen molar-refractivity contribution in [1.29, 1.82) is 0 Å². The van der Waals surface area contributed by atoms with E-state index in [9.17, 15) is 19.5 Å². The van der Waals surface area contributed by atoms with Crippen molar-refractivity contribution >= 4 is 18.0 Å². The van der Waals surface area contributed by atoms with E-state index in [1.807, 2.05) is 24.3 Å². The van der Waals surface area contributed by atoms with E-state index in [0.29, 0.717) is 19.3 Å². The second kappa shape index (κ2) is 10.1. The summed E-state index contributed by atoms with van der Waals surface area (Å²) in [6, 6.07) is 15.3. The maximum atomic E-state index is 12.6. The van der Waals surface area contributed by atoms with Crippen LogP contribution in [0.1, 0.15) is 56.1 Å². The first-order valence-corrected chi connectivity index (χ1v) is 11.6. The summed E-state index contributed by atoms with van der Waals surface area (Å²) in [5.41, 5.74) is 4.67. The van der Waals surface area contributed by atoms with Crippen LogP contribution in [-0.2, 0) is 14.3 Å². The number of carbonyl (C=O) groups is 3. The SMILES string of the molecule is CCC(NC(=O)C1CCCC(NC(=O)OCC2c3ccccc3-c3ccccc32)C1)C(=O)O. The number of rotatable bonds is 7. The van der Waals surface area contributed by atoms with Crippen LogP contribution in [-0.4, -0.2) is 41.8 Å². The van der Waals surface area contributed by atoms with E-state index >= 15 is 0 Å². The summed E-state index contributed by atoms with van der Waals surface area (Å²) in [5.74, 6) is -1.61. The molecule has 174 valence electrons. The minimum Gasteiger partial charge on any atom is -0.480 e. The lowest BCUT2D eigenvalue weighted by Gasteiger charge is -2.29. The topological polar surface area (TPSA) is 105 Å². The molecule has 2 aliphatic carbocycles. The monoisotopic (exact) mass is 450 g/mol. The summed E-state index contributed by atoms with van der Waals surface area (Å²) in [7, 11) is 0. The van der Waals surface area contributed by atoms with Gasteiger partial charge >= 0.3 is 12.1 Å². The predicted octanol–water partition coefficient (Wildman–Crippen LogP) is 4.06. The fraction of sp³-hybridized carbons (Fsp3) is 0.423. The van der Waals surface area contributed by atoms with Crippen LogP contribution in [0.3, 0.4) is 0 Å². The summed E-state index contributed by atoms with van der Waals surface area (Å²) < 4.78 is 5.62. The van der Waals surface area contributed by atoms with Crippen LogP contribution in [0.5, 0.6) is 0 Å². The molecule has 2 aromatic rings. The molecular formula is C26H30N2O5. The lowest BCUT2D eigenvalue weighted by molar-refractivity contribution is -0.142. The van der Waals surface area contributed by atoms with Crippen molar-refractivity contribution in [3.05, 3.63) is 59.7 Å². The molecule has 1 saturated carbocycles. The Bertz CT molecular complexity index is 991. The Kier molecular flexibility index (Phi) is 6.96. The molecule has 0 radical (unpaired) electrons. The number of nitrogens with one attached hydrogen (secondary N) is 2. The Morgan fingerprint density at radius 2 is 1.67 bits per heavy atom. The normalized spacial score (nSPS) is 20.3. The molecule has 0 heterocycles. The van der Waals surface area contributed by atoms with Gasteiger partial charge in [-0.05, 0) is 47.9 Å². The molecule has 4 rings (SSSR count). The van der Waals surface area contributed by atoms with Crippen molar-refractivity contribution in [2.24, 2.45) is 5.92 Å². The Morgan fingerprint density at radius 1 is 1.03 bits per heavy atom. The van der Waals surface area contributed by atoms with Gasteiger partial charge in [0.1, 0.15) is 12.6 Å². The van der Waals surface area contributed by atoms with Crippen LogP contribution in [0, 0.1) is 5.92 Å². The fourth-order valence-electron chi connectivity index (χ4n) is 4.99. The molecule has 3 N–H and O–H groups in total. The van der Waals surface area contributed by atoms with Gasteiger partial charge in [-0.1, -0.05) is 61.9 Å². The van der Waals surface area contributed by atoms with Crippen molar-refractivity contribution in [3.8, 4) is 11.1 Å². The van der Waals surface area contributed by atoms with E-state index in [0.717, 1.165) is 24.0 Å². The highest BCUT2D eigenvalue weighted by atomic mass is 16.5. The first-order chi connectivity index (χ1) is 16.0. The molecule has 0 saturated heterocycles. The van der Waals surface area contributed by atoms with Gasteiger partial charge in [-0.3, -0.25) is 4.79 Å². The Morgan fingerprint density at radius 3 is 2.27 bits per heavy atom. The number of carbonyl (C=O) groups excluding carboxylic acids is 2. The molecular weight excluding hydrogens is 420 g/mol. The number of carboxylic acid groups (broad SMARTS) is 1. The molecule has 3 unspecified atom stereocenters. The highest BCUT2D eigenvalue weighted by molar-refractivity contribution is 5.85. The smallest absolute Gasteiger partial charge is 0.407 e. The summed E-state index contributed by atoms with van der Waals surface area (Å²) in [6.45, 7) is 1.97. The minimum atomic E-state index is -1.03. The molecule has 7 heteroatoms. The molecule has 0 aromatic heterocycles. The minimum absolute atomic E-state index is 0.00460. The number of ether oxygens (including phenoxy) is 1. The van der Waals surface area contributed by atoms with Gasteiger partial charge in [0.15, 0.2) is 0 Å². The standard InChI is InChI=1S/C26H30N2O5/c1-2-23(25(30)31)28-24(29)16-8-7-9-17(14-16)27-26(32)33-15-22-20-12-5-3-10-18(20)19-11-4-6-13-21(19)22/h3-6,10-13,16-17,22-23H,2,7-9,14-15H2,1H3,(H,27,32)(H,28,29)(H,30,31). The third-order valence-electron chi connectivity index (χ3n) is 6.73. The van der Waals surface area contributed by atoms with Crippen LogP contribution in [0.2, 0.25) is 0 Å². The molecule has 0 aliphatic heterocycles. The highest BCUT2D eigenvalue weighted by Crippen LogP contribution is 2.44. The van der Waals surface area contributed by atoms with E-state index in [-0.39, 0.29) is 30.4 Å². The van der Waals surface area contributed by atoms with E-state index in [1.165, 1.54) is 11.1 Å². The van der Waals surface area contributed by atoms with Gasteiger partial charge in [-0.15, -0.1) is 0 Å². The van der Waals surface area contributed by atoms with Crippen molar-refractivity contribution in [2.75, 3.05) is 6.61 Å². The number of hydrogen-bond acceptors (Lipinski definition) is 4. The predicted molar refractivity (Wildman–Crippen MR) is 124 cm³/mol. The number of hydrogen-bond donors (Lipinski definition) is 3. The zero-order valence-corrected chi connectivity index (χ0v) is 18.8. The van der Waals surface area contributed by atoms with Gasteiger partial charge < -0.3 is 20.5 Å². The number of alkyl carbamates (subject to hydrolysis) is 1. The first-order valence-electron chi connectivity index (χ1n) is 11.6. The van der Waals surface area contributed by atoms with Gasteiger partial charge in [0.25, 0.3) is 0 Å². The van der Waals surface area contributed by atoms with Crippen molar-refractivity contribution in [1.82, 2.24) is 10.6 Å². The van der Waals surface area contributed by atoms with E-state index < -0.39 is 18.1 Å². The number of carboxylic acids is 1. The molecule has 2 aliphatic rings. The number of benzene rings is 2. The van der Waals surface area contributed by atoms with E-state index in [2.05, 4.69) is 34.9 Å². The molecule has 0 bridgehead atoms. The zero-order chi connectivity index (χ0) is 23.4. The van der Waals surface area contributed by atoms with Crippen LogP contribution >= 0.6 is 0 Å². The molecule has 2 aromatic carbocycles. The first kappa shape index (κ1) is 22.8. The van der Waals surface area contributed by atoms with E-state index in [4.69, 9.17) is 4.74 Å².